The van der Waals surface area contributed by atoms with Crippen molar-refractivity contribution in [2.45, 2.75) is 29.8 Å². The third-order valence-corrected chi connectivity index (χ3v) is 3.00. The van der Waals surface area contributed by atoms with Crippen molar-refractivity contribution in [1.82, 2.24) is 9.55 Å². The van der Waals surface area contributed by atoms with Gasteiger partial charge in [-0.1, -0.05) is 0 Å². The van der Waals surface area contributed by atoms with Crippen molar-refractivity contribution in [3.63, 3.8) is 0 Å². The van der Waals surface area contributed by atoms with Crippen molar-refractivity contribution in [3.05, 3.63) is 16.7 Å². The van der Waals surface area contributed by atoms with Gasteiger partial charge < -0.3 is 20.7 Å². The lowest BCUT2D eigenvalue weighted by Gasteiger charge is -2.14. The summed E-state index contributed by atoms with van der Waals surface area (Å²) >= 11 is 4.06. The Morgan fingerprint density at radius 2 is 2.41 bits per heavy atom. The first-order valence-corrected chi connectivity index (χ1v) is 5.49. The van der Waals surface area contributed by atoms with Gasteiger partial charge in [-0.15, -0.1) is 12.6 Å². The van der Waals surface area contributed by atoms with E-state index in [1.54, 1.807) is 0 Å². The summed E-state index contributed by atoms with van der Waals surface area (Å²) in [6.45, 7) is -0.303. The summed E-state index contributed by atoms with van der Waals surface area (Å²) in [6.07, 6.45) is -0.534. The largest absolute Gasteiger partial charge is 0.394 e. The number of aromatic nitrogens is 2. The highest BCUT2D eigenvalue weighted by Gasteiger charge is 2.35. The topological polar surface area (TPSA) is 111 Å². The van der Waals surface area contributed by atoms with E-state index in [-0.39, 0.29) is 18.8 Å². The fourth-order valence-electron chi connectivity index (χ4n) is 1.73. The number of aliphatic hydroxyl groups is 2. The average molecular weight is 259 g/mol. The minimum absolute atomic E-state index is 0.0480. The molecule has 1 saturated heterocycles. The summed E-state index contributed by atoms with van der Waals surface area (Å²) in [5.74, 6) is 0.0480. The lowest BCUT2D eigenvalue weighted by atomic mass is 10.2. The van der Waals surface area contributed by atoms with Gasteiger partial charge in [-0.3, -0.25) is 4.57 Å². The molecule has 2 heterocycles. The number of nitrogen functional groups attached to an aromatic ring is 1. The van der Waals surface area contributed by atoms with Crippen molar-refractivity contribution < 1.29 is 14.9 Å². The average Bonchev–Trinajstić information content (AvgIpc) is 2.65. The minimum atomic E-state index is -0.808. The van der Waals surface area contributed by atoms with Crippen molar-refractivity contribution in [1.29, 1.82) is 0 Å². The molecule has 0 radical (unpaired) electrons. The Balaban J connectivity index is 2.30. The number of ether oxygens (including phenoxy) is 1. The van der Waals surface area contributed by atoms with Crippen LogP contribution in [0.3, 0.4) is 0 Å². The predicted molar refractivity (Wildman–Crippen MR) is 61.8 cm³/mol. The Labute approximate surface area is 102 Å². The van der Waals surface area contributed by atoms with E-state index in [2.05, 4.69) is 17.6 Å². The summed E-state index contributed by atoms with van der Waals surface area (Å²) in [7, 11) is 0. The lowest BCUT2D eigenvalue weighted by Crippen LogP contribution is -2.28. The van der Waals surface area contributed by atoms with Gasteiger partial charge in [0.25, 0.3) is 0 Å². The zero-order valence-electron chi connectivity index (χ0n) is 8.85. The first-order valence-electron chi connectivity index (χ1n) is 5.05. The molecule has 1 aliphatic heterocycles. The summed E-state index contributed by atoms with van der Waals surface area (Å²) in [6, 6.07) is 0. The quantitative estimate of drug-likeness (QED) is 0.494. The molecule has 0 bridgehead atoms. The number of hydrogen-bond donors (Lipinski definition) is 4. The van der Waals surface area contributed by atoms with Crippen LogP contribution >= 0.6 is 12.6 Å². The molecule has 1 aromatic rings. The standard InChI is InChI=1S/C9H13N3O4S/c10-8-6(17)2-12(9(15)11-8)7-1-4(14)5(3-13)16-7/h2,4-5,7,13-14,17H,1,3H2,(H2,10,11,15)/t4-,5+,7+/m0/s1. The number of nitrogens with zero attached hydrogens (tertiary/aromatic N) is 2. The third-order valence-electron chi connectivity index (χ3n) is 2.66. The molecule has 0 aromatic carbocycles. The highest BCUT2D eigenvalue weighted by molar-refractivity contribution is 7.80. The van der Waals surface area contributed by atoms with Crippen LogP contribution in [0.25, 0.3) is 0 Å². The van der Waals surface area contributed by atoms with Gasteiger partial charge in [-0.25, -0.2) is 4.79 Å². The van der Waals surface area contributed by atoms with E-state index < -0.39 is 24.1 Å². The molecule has 0 amide bonds. The van der Waals surface area contributed by atoms with E-state index in [0.29, 0.717) is 4.90 Å². The molecular formula is C9H13N3O4S. The summed E-state index contributed by atoms with van der Waals surface area (Å²) < 4.78 is 6.54. The third kappa shape index (κ3) is 2.29. The first kappa shape index (κ1) is 12.4. The minimum Gasteiger partial charge on any atom is -0.394 e. The highest BCUT2D eigenvalue weighted by Crippen LogP contribution is 2.28. The summed E-state index contributed by atoms with van der Waals surface area (Å²) in [4.78, 5) is 15.5. The lowest BCUT2D eigenvalue weighted by molar-refractivity contribution is -0.0460. The van der Waals surface area contributed by atoms with Gasteiger partial charge in [-0.2, -0.15) is 4.98 Å². The smallest absolute Gasteiger partial charge is 0.351 e. The zero-order chi connectivity index (χ0) is 12.6. The van der Waals surface area contributed by atoms with Crippen molar-refractivity contribution in [2.75, 3.05) is 12.3 Å². The maximum absolute atomic E-state index is 11.6. The molecule has 1 aliphatic rings. The maximum Gasteiger partial charge on any atom is 0.351 e. The molecule has 17 heavy (non-hydrogen) atoms. The molecule has 0 spiro atoms. The molecule has 3 atom stereocenters. The fourth-order valence-corrected chi connectivity index (χ4v) is 1.90. The van der Waals surface area contributed by atoms with Gasteiger partial charge in [0.1, 0.15) is 18.1 Å². The van der Waals surface area contributed by atoms with Gasteiger partial charge >= 0.3 is 5.69 Å². The maximum atomic E-state index is 11.6. The Morgan fingerprint density at radius 1 is 1.71 bits per heavy atom. The molecule has 1 fully saturated rings. The van der Waals surface area contributed by atoms with Crippen LogP contribution in [0.15, 0.2) is 15.9 Å². The summed E-state index contributed by atoms with van der Waals surface area (Å²) in [5.41, 5.74) is 4.86. The second kappa shape index (κ2) is 4.65. The second-order valence-electron chi connectivity index (χ2n) is 3.82. The van der Waals surface area contributed by atoms with E-state index in [9.17, 15) is 9.90 Å². The number of rotatable bonds is 2. The molecule has 4 N–H and O–H groups in total. The molecule has 94 valence electrons. The number of anilines is 1. The van der Waals surface area contributed by atoms with Crippen molar-refractivity contribution in [2.24, 2.45) is 0 Å². The van der Waals surface area contributed by atoms with Gasteiger partial charge in [-0.05, 0) is 0 Å². The molecule has 8 heteroatoms. The Bertz CT molecular complexity index is 478. The molecule has 1 aromatic heterocycles. The van der Waals surface area contributed by atoms with Gasteiger partial charge in [0.05, 0.1) is 17.6 Å². The molecule has 0 aliphatic carbocycles. The number of aliphatic hydroxyl groups excluding tert-OH is 2. The Morgan fingerprint density at radius 3 is 3.00 bits per heavy atom. The molecule has 2 rings (SSSR count). The van der Waals surface area contributed by atoms with E-state index in [1.807, 2.05) is 0 Å². The van der Waals surface area contributed by atoms with E-state index in [4.69, 9.17) is 15.6 Å². The number of thiol groups is 1. The van der Waals surface area contributed by atoms with Crippen LogP contribution in [0.4, 0.5) is 5.82 Å². The summed E-state index contributed by atoms with van der Waals surface area (Å²) in [5, 5.41) is 18.5. The van der Waals surface area contributed by atoms with E-state index in [1.165, 1.54) is 10.8 Å². The zero-order valence-corrected chi connectivity index (χ0v) is 9.75. The molecule has 7 nitrogen and oxygen atoms in total. The normalized spacial score (nSPS) is 28.5. The SMILES string of the molecule is Nc1nc(=O)n([C@H]2C[C@H](O)[C@@H](CO)O2)cc1S. The van der Waals surface area contributed by atoms with Gasteiger partial charge in [0, 0.05) is 12.6 Å². The predicted octanol–water partition coefficient (Wildman–Crippen LogP) is -1.25. The monoisotopic (exact) mass is 259 g/mol. The number of hydrogen-bond acceptors (Lipinski definition) is 7. The van der Waals surface area contributed by atoms with Crippen LogP contribution in [-0.2, 0) is 4.74 Å². The first-order chi connectivity index (χ1) is 8.02. The van der Waals surface area contributed by atoms with Crippen LogP contribution in [0.5, 0.6) is 0 Å². The van der Waals surface area contributed by atoms with Crippen LogP contribution in [0.2, 0.25) is 0 Å². The molecule has 0 unspecified atom stereocenters. The van der Waals surface area contributed by atoms with Crippen LogP contribution in [0.1, 0.15) is 12.6 Å². The van der Waals surface area contributed by atoms with Gasteiger partial charge in [0.2, 0.25) is 0 Å². The number of nitrogens with two attached hydrogens (primary N) is 1. The second-order valence-corrected chi connectivity index (χ2v) is 4.30. The van der Waals surface area contributed by atoms with E-state index >= 15 is 0 Å². The Kier molecular flexibility index (Phi) is 3.38. The van der Waals surface area contributed by atoms with Gasteiger partial charge in [0.15, 0.2) is 0 Å². The van der Waals surface area contributed by atoms with Crippen molar-refractivity contribution in [3.8, 4) is 0 Å². The van der Waals surface area contributed by atoms with Crippen molar-refractivity contribution >= 4 is 18.4 Å². The Hall–Kier alpha value is -1.09. The van der Waals surface area contributed by atoms with E-state index in [0.717, 1.165) is 0 Å². The van der Waals surface area contributed by atoms with Crippen LogP contribution in [0, 0.1) is 0 Å². The fraction of sp³-hybridized carbons (Fsp3) is 0.556. The molecular weight excluding hydrogens is 246 g/mol. The van der Waals surface area contributed by atoms with Crippen LogP contribution in [-0.4, -0.2) is 38.6 Å². The van der Waals surface area contributed by atoms with Crippen LogP contribution < -0.4 is 11.4 Å². The molecule has 0 saturated carbocycles. The highest BCUT2D eigenvalue weighted by atomic mass is 32.1.